The number of carbonyl (C=O) groups is 1. The van der Waals surface area contributed by atoms with Crippen molar-refractivity contribution in [3.05, 3.63) is 28.8 Å². The van der Waals surface area contributed by atoms with E-state index in [-0.39, 0.29) is 23.7 Å². The maximum Gasteiger partial charge on any atom is 0.141 e. The Kier molecular flexibility index (Phi) is 4.28. The molecule has 1 aromatic rings. The molecule has 25 heavy (non-hydrogen) atoms. The van der Waals surface area contributed by atoms with Gasteiger partial charge in [-0.3, -0.25) is 4.79 Å². The van der Waals surface area contributed by atoms with Crippen LogP contribution in [0, 0.1) is 11.3 Å². The zero-order valence-electron chi connectivity index (χ0n) is 16.0. The van der Waals surface area contributed by atoms with Gasteiger partial charge in [0.2, 0.25) is 0 Å². The Balaban J connectivity index is 2.14. The van der Waals surface area contributed by atoms with Gasteiger partial charge in [-0.2, -0.15) is 0 Å². The fourth-order valence-corrected chi connectivity index (χ4v) is 5.20. The van der Waals surface area contributed by atoms with Crippen LogP contribution in [-0.2, 0) is 27.0 Å². The summed E-state index contributed by atoms with van der Waals surface area (Å²) in [5.74, 6) is 0.591. The summed E-state index contributed by atoms with van der Waals surface area (Å²) >= 11 is 0. The van der Waals surface area contributed by atoms with Crippen LogP contribution in [0.4, 0.5) is 0 Å². The zero-order valence-corrected chi connectivity index (χ0v) is 16.0. The molecule has 2 aliphatic rings. The molecule has 2 aliphatic carbocycles. The standard InChI is InChI=1S/C21H30O4/c1-19(2,25-5)15-8-7-14-13(18(15)24)6-9-16-20(14,3)11-10-17(23)21(16,4)12-22/h7-8,16,22,24H,6,9-12H2,1-5H3/t16-,20-,21-/m1/s1. The monoisotopic (exact) mass is 346 g/mol. The van der Waals surface area contributed by atoms with Crippen LogP contribution in [0.25, 0.3) is 0 Å². The van der Waals surface area contributed by atoms with Gasteiger partial charge < -0.3 is 14.9 Å². The zero-order chi connectivity index (χ0) is 18.6. The highest BCUT2D eigenvalue weighted by molar-refractivity contribution is 5.86. The third-order valence-corrected chi connectivity index (χ3v) is 7.12. The molecule has 1 fully saturated rings. The van der Waals surface area contributed by atoms with E-state index in [1.807, 2.05) is 26.8 Å². The van der Waals surface area contributed by atoms with Gasteiger partial charge in [-0.25, -0.2) is 0 Å². The molecule has 0 amide bonds. The maximum atomic E-state index is 12.5. The first-order valence-electron chi connectivity index (χ1n) is 9.17. The normalized spacial score (nSPS) is 32.2. The van der Waals surface area contributed by atoms with Crippen molar-refractivity contribution in [2.75, 3.05) is 13.7 Å². The highest BCUT2D eigenvalue weighted by atomic mass is 16.5. The first kappa shape index (κ1) is 18.4. The predicted molar refractivity (Wildman–Crippen MR) is 96.7 cm³/mol. The Morgan fingerprint density at radius 3 is 2.56 bits per heavy atom. The van der Waals surface area contributed by atoms with E-state index in [0.717, 1.165) is 36.0 Å². The van der Waals surface area contributed by atoms with Gasteiger partial charge >= 0.3 is 0 Å². The first-order chi connectivity index (χ1) is 11.6. The number of phenols is 1. The molecule has 1 aromatic carbocycles. The quantitative estimate of drug-likeness (QED) is 0.880. The van der Waals surface area contributed by atoms with E-state index in [9.17, 15) is 15.0 Å². The molecule has 0 aliphatic heterocycles. The number of methoxy groups -OCH3 is 1. The largest absolute Gasteiger partial charge is 0.507 e. The number of hydrogen-bond acceptors (Lipinski definition) is 4. The van der Waals surface area contributed by atoms with Crippen molar-refractivity contribution >= 4 is 5.78 Å². The van der Waals surface area contributed by atoms with Crippen molar-refractivity contribution in [3.8, 4) is 5.75 Å². The number of Topliss-reactive ketones (excluding diaryl/α,β-unsaturated/α-hetero) is 1. The minimum atomic E-state index is -0.690. The lowest BCUT2D eigenvalue weighted by molar-refractivity contribution is -0.142. The van der Waals surface area contributed by atoms with Crippen LogP contribution in [-0.4, -0.2) is 29.7 Å². The van der Waals surface area contributed by atoms with Crippen LogP contribution < -0.4 is 0 Å². The number of rotatable bonds is 3. The van der Waals surface area contributed by atoms with E-state index in [1.54, 1.807) is 7.11 Å². The number of hydrogen-bond donors (Lipinski definition) is 2. The Morgan fingerprint density at radius 1 is 1.28 bits per heavy atom. The molecule has 0 radical (unpaired) electrons. The van der Waals surface area contributed by atoms with Gasteiger partial charge in [0.05, 0.1) is 17.6 Å². The average Bonchev–Trinajstić information content (AvgIpc) is 2.59. The van der Waals surface area contributed by atoms with E-state index in [4.69, 9.17) is 4.74 Å². The van der Waals surface area contributed by atoms with Crippen molar-refractivity contribution in [2.45, 2.75) is 64.4 Å². The van der Waals surface area contributed by atoms with E-state index >= 15 is 0 Å². The Hall–Kier alpha value is -1.39. The molecule has 4 nitrogen and oxygen atoms in total. The number of ketones is 1. The number of ether oxygens (including phenoxy) is 1. The molecular formula is C21H30O4. The van der Waals surface area contributed by atoms with Crippen LogP contribution in [0.5, 0.6) is 5.75 Å². The summed E-state index contributed by atoms with van der Waals surface area (Å²) in [4.78, 5) is 12.5. The maximum absolute atomic E-state index is 12.5. The third-order valence-electron chi connectivity index (χ3n) is 7.12. The summed E-state index contributed by atoms with van der Waals surface area (Å²) in [6.07, 6.45) is 2.77. The Labute approximate surface area is 150 Å². The molecule has 138 valence electrons. The summed E-state index contributed by atoms with van der Waals surface area (Å²) in [6.45, 7) is 7.89. The van der Waals surface area contributed by atoms with Crippen LogP contribution in [0.2, 0.25) is 0 Å². The van der Waals surface area contributed by atoms with Gasteiger partial charge in [0.25, 0.3) is 0 Å². The van der Waals surface area contributed by atoms with Gasteiger partial charge in [-0.1, -0.05) is 26.0 Å². The number of aliphatic hydroxyl groups excluding tert-OH is 1. The average molecular weight is 346 g/mol. The third kappa shape index (κ3) is 2.45. The highest BCUT2D eigenvalue weighted by Crippen LogP contribution is 2.57. The molecule has 4 heteroatoms. The number of fused-ring (bicyclic) bond motifs is 3. The molecule has 0 unspecified atom stereocenters. The highest BCUT2D eigenvalue weighted by Gasteiger charge is 2.55. The van der Waals surface area contributed by atoms with Crippen molar-refractivity contribution in [1.29, 1.82) is 0 Å². The second-order valence-corrected chi connectivity index (χ2v) is 8.71. The fraction of sp³-hybridized carbons (Fsp3) is 0.667. The van der Waals surface area contributed by atoms with E-state index in [2.05, 4.69) is 13.0 Å². The van der Waals surface area contributed by atoms with Crippen LogP contribution in [0.1, 0.15) is 63.6 Å². The Morgan fingerprint density at radius 2 is 1.96 bits per heavy atom. The Bertz CT molecular complexity index is 708. The van der Waals surface area contributed by atoms with Crippen LogP contribution in [0.15, 0.2) is 12.1 Å². The summed E-state index contributed by atoms with van der Waals surface area (Å²) < 4.78 is 5.55. The van der Waals surface area contributed by atoms with Crippen molar-refractivity contribution in [3.63, 3.8) is 0 Å². The first-order valence-corrected chi connectivity index (χ1v) is 9.17. The molecular weight excluding hydrogens is 316 g/mol. The van der Waals surface area contributed by atoms with Crippen molar-refractivity contribution in [2.24, 2.45) is 11.3 Å². The summed E-state index contributed by atoms with van der Waals surface area (Å²) in [5, 5.41) is 20.9. The molecule has 0 aromatic heterocycles. The molecule has 2 N–H and O–H groups in total. The molecule has 3 rings (SSSR count). The second-order valence-electron chi connectivity index (χ2n) is 8.71. The van der Waals surface area contributed by atoms with Crippen molar-refractivity contribution < 1.29 is 19.7 Å². The smallest absolute Gasteiger partial charge is 0.141 e. The van der Waals surface area contributed by atoms with Crippen molar-refractivity contribution in [1.82, 2.24) is 0 Å². The van der Waals surface area contributed by atoms with E-state index < -0.39 is 11.0 Å². The van der Waals surface area contributed by atoms with E-state index in [0.29, 0.717) is 12.2 Å². The van der Waals surface area contributed by atoms with Gasteiger partial charge in [-0.15, -0.1) is 0 Å². The molecule has 0 heterocycles. The number of aromatic hydroxyl groups is 1. The van der Waals surface area contributed by atoms with Crippen LogP contribution in [0.3, 0.4) is 0 Å². The number of phenolic OH excluding ortho intramolecular Hbond substituents is 1. The number of benzene rings is 1. The molecule has 0 spiro atoms. The molecule has 0 saturated heterocycles. The molecule has 3 atom stereocenters. The number of aliphatic hydroxyl groups is 1. The summed E-state index contributed by atoms with van der Waals surface area (Å²) in [6, 6.07) is 4.06. The number of carbonyl (C=O) groups excluding carboxylic acids is 1. The summed E-state index contributed by atoms with van der Waals surface area (Å²) in [5.41, 5.74) is 1.46. The SMILES string of the molecule is COC(C)(C)c1ccc2c(c1O)CC[C@H]1[C@@](C)(CO)C(=O)CC[C@]21C. The second kappa shape index (κ2) is 5.82. The lowest BCUT2D eigenvalue weighted by Crippen LogP contribution is -2.55. The van der Waals surface area contributed by atoms with Gasteiger partial charge in [0.1, 0.15) is 11.5 Å². The lowest BCUT2D eigenvalue weighted by Gasteiger charge is -2.54. The van der Waals surface area contributed by atoms with Gasteiger partial charge in [0, 0.05) is 19.1 Å². The topological polar surface area (TPSA) is 66.8 Å². The van der Waals surface area contributed by atoms with Crippen LogP contribution >= 0.6 is 0 Å². The predicted octanol–water partition coefficient (Wildman–Crippen LogP) is 3.46. The molecule has 1 saturated carbocycles. The fourth-order valence-electron chi connectivity index (χ4n) is 5.20. The van der Waals surface area contributed by atoms with Gasteiger partial charge in [0.15, 0.2) is 0 Å². The minimum absolute atomic E-state index is 0.0967. The summed E-state index contributed by atoms with van der Waals surface area (Å²) in [7, 11) is 1.65. The minimum Gasteiger partial charge on any atom is -0.507 e. The molecule has 0 bridgehead atoms. The lowest BCUT2D eigenvalue weighted by atomic mass is 9.49. The van der Waals surface area contributed by atoms with E-state index in [1.165, 1.54) is 0 Å². The van der Waals surface area contributed by atoms with Gasteiger partial charge in [-0.05, 0) is 55.6 Å².